The SMILES string of the molecule is CC(C)(C)[n+]1cc2c3c(c1)c1ccccc1n3CCC2.[Br-]. The summed E-state index contributed by atoms with van der Waals surface area (Å²) in [7, 11) is 0. The zero-order valence-corrected chi connectivity index (χ0v) is 14.4. The zero-order valence-electron chi connectivity index (χ0n) is 12.9. The van der Waals surface area contributed by atoms with Crippen LogP contribution in [0.1, 0.15) is 32.8 Å². The molecule has 1 aliphatic rings. The lowest BCUT2D eigenvalue weighted by molar-refractivity contribution is -0.753. The van der Waals surface area contributed by atoms with Gasteiger partial charge < -0.3 is 21.5 Å². The smallest absolute Gasteiger partial charge is 0.179 e. The van der Waals surface area contributed by atoms with Crippen molar-refractivity contribution in [1.82, 2.24) is 4.57 Å². The Morgan fingerprint density at radius 3 is 2.57 bits per heavy atom. The maximum atomic E-state index is 2.51. The van der Waals surface area contributed by atoms with Crippen LogP contribution in [0.3, 0.4) is 0 Å². The first-order valence-corrected chi connectivity index (χ1v) is 7.51. The second-order valence-corrected chi connectivity index (χ2v) is 6.90. The fraction of sp³-hybridized carbons (Fsp3) is 0.389. The van der Waals surface area contributed by atoms with Crippen LogP contribution in [0, 0.1) is 0 Å². The lowest BCUT2D eigenvalue weighted by Gasteiger charge is -2.18. The number of benzene rings is 1. The summed E-state index contributed by atoms with van der Waals surface area (Å²) >= 11 is 0. The second-order valence-electron chi connectivity index (χ2n) is 6.90. The predicted octanol–water partition coefficient (Wildman–Crippen LogP) is 0.787. The first kappa shape index (κ1) is 14.6. The van der Waals surface area contributed by atoms with Gasteiger partial charge in [0.25, 0.3) is 0 Å². The standard InChI is InChI=1S/C18H21N2.BrH/c1-18(2,3)19-11-13-7-6-10-20-16-9-5-4-8-14(16)15(12-19)17(13)20;/h4-5,8-9,11-12H,6-7,10H2,1-3H3;1H/q+1;/p-1. The van der Waals surface area contributed by atoms with Crippen molar-refractivity contribution in [2.45, 2.75) is 45.7 Å². The number of fused-ring (bicyclic) bond motifs is 3. The molecule has 0 radical (unpaired) electrons. The highest BCUT2D eigenvalue weighted by Crippen LogP contribution is 2.33. The minimum atomic E-state index is 0. The predicted molar refractivity (Wildman–Crippen MR) is 83.0 cm³/mol. The Hall–Kier alpha value is -1.35. The van der Waals surface area contributed by atoms with Crippen molar-refractivity contribution >= 4 is 21.8 Å². The lowest BCUT2D eigenvalue weighted by atomic mass is 10.0. The fourth-order valence-electron chi connectivity index (χ4n) is 3.44. The van der Waals surface area contributed by atoms with Gasteiger partial charge in [0.1, 0.15) is 0 Å². The molecule has 0 amide bonds. The highest BCUT2D eigenvalue weighted by Gasteiger charge is 2.27. The van der Waals surface area contributed by atoms with Crippen LogP contribution in [0.4, 0.5) is 0 Å². The van der Waals surface area contributed by atoms with Gasteiger partial charge in [0, 0.05) is 43.8 Å². The lowest BCUT2D eigenvalue weighted by Crippen LogP contribution is -3.00. The van der Waals surface area contributed by atoms with Gasteiger partial charge in [0.15, 0.2) is 17.9 Å². The molecule has 0 saturated heterocycles. The summed E-state index contributed by atoms with van der Waals surface area (Å²) in [5, 5.41) is 2.80. The van der Waals surface area contributed by atoms with E-state index in [1.54, 1.807) is 0 Å². The molecular weight excluding hydrogens is 324 g/mol. The van der Waals surface area contributed by atoms with Crippen molar-refractivity contribution in [3.63, 3.8) is 0 Å². The summed E-state index contributed by atoms with van der Waals surface area (Å²) < 4.78 is 4.89. The molecule has 0 saturated carbocycles. The van der Waals surface area contributed by atoms with Crippen molar-refractivity contribution in [3.05, 3.63) is 42.2 Å². The largest absolute Gasteiger partial charge is 1.00 e. The Bertz CT molecular complexity index is 824. The average Bonchev–Trinajstić information content (AvgIpc) is 2.75. The molecule has 0 bridgehead atoms. The normalized spacial score (nSPS) is 14.4. The van der Waals surface area contributed by atoms with Gasteiger partial charge in [-0.05, 0) is 18.9 Å². The van der Waals surface area contributed by atoms with E-state index in [0.29, 0.717) is 0 Å². The summed E-state index contributed by atoms with van der Waals surface area (Å²) in [5.41, 5.74) is 4.47. The summed E-state index contributed by atoms with van der Waals surface area (Å²) in [6.45, 7) is 7.96. The van der Waals surface area contributed by atoms with E-state index in [0.717, 1.165) is 6.54 Å². The Morgan fingerprint density at radius 2 is 1.81 bits per heavy atom. The monoisotopic (exact) mass is 344 g/mol. The van der Waals surface area contributed by atoms with Gasteiger partial charge in [-0.3, -0.25) is 0 Å². The van der Waals surface area contributed by atoms with E-state index in [1.807, 2.05) is 0 Å². The molecular formula is C18H21BrN2. The Labute approximate surface area is 136 Å². The first-order valence-electron chi connectivity index (χ1n) is 7.51. The van der Waals surface area contributed by atoms with Crippen molar-refractivity contribution in [3.8, 4) is 0 Å². The van der Waals surface area contributed by atoms with Crippen LogP contribution in [0.25, 0.3) is 21.8 Å². The minimum absolute atomic E-state index is 0. The molecule has 3 heteroatoms. The minimum Gasteiger partial charge on any atom is -1.00 e. The molecule has 4 rings (SSSR count). The molecule has 0 aliphatic carbocycles. The number of hydrogen-bond acceptors (Lipinski definition) is 0. The van der Waals surface area contributed by atoms with Gasteiger partial charge in [-0.1, -0.05) is 18.2 Å². The van der Waals surface area contributed by atoms with E-state index >= 15 is 0 Å². The van der Waals surface area contributed by atoms with Crippen LogP contribution in [0.2, 0.25) is 0 Å². The number of halogens is 1. The highest BCUT2D eigenvalue weighted by molar-refractivity contribution is 6.08. The molecule has 0 fully saturated rings. The van der Waals surface area contributed by atoms with Gasteiger partial charge >= 0.3 is 0 Å². The Kier molecular flexibility index (Phi) is 3.36. The highest BCUT2D eigenvalue weighted by atomic mass is 79.9. The Morgan fingerprint density at radius 1 is 1.05 bits per heavy atom. The van der Waals surface area contributed by atoms with Gasteiger partial charge in [0.05, 0.1) is 10.9 Å². The van der Waals surface area contributed by atoms with Crippen LogP contribution < -0.4 is 21.5 Å². The van der Waals surface area contributed by atoms with Crippen molar-refractivity contribution in [2.75, 3.05) is 0 Å². The quantitative estimate of drug-likeness (QED) is 0.533. The molecule has 0 atom stereocenters. The fourth-order valence-corrected chi connectivity index (χ4v) is 3.44. The van der Waals surface area contributed by atoms with E-state index in [4.69, 9.17) is 0 Å². The molecule has 21 heavy (non-hydrogen) atoms. The van der Waals surface area contributed by atoms with Crippen LogP contribution in [-0.4, -0.2) is 4.57 Å². The summed E-state index contributed by atoms with van der Waals surface area (Å²) in [5.74, 6) is 0. The summed E-state index contributed by atoms with van der Waals surface area (Å²) in [4.78, 5) is 0. The zero-order chi connectivity index (χ0) is 13.9. The molecule has 0 N–H and O–H groups in total. The molecule has 3 heterocycles. The molecule has 3 aromatic rings. The average molecular weight is 345 g/mol. The van der Waals surface area contributed by atoms with E-state index in [1.165, 1.54) is 40.2 Å². The molecule has 0 spiro atoms. The van der Waals surface area contributed by atoms with E-state index in [9.17, 15) is 0 Å². The van der Waals surface area contributed by atoms with Crippen molar-refractivity contribution in [2.24, 2.45) is 0 Å². The molecule has 2 aromatic heterocycles. The maximum Gasteiger partial charge on any atom is 0.179 e. The van der Waals surface area contributed by atoms with Crippen LogP contribution in [0.15, 0.2) is 36.7 Å². The molecule has 0 unspecified atom stereocenters. The molecule has 1 aromatic carbocycles. The van der Waals surface area contributed by atoms with Crippen LogP contribution in [0.5, 0.6) is 0 Å². The molecule has 2 nitrogen and oxygen atoms in total. The first-order chi connectivity index (χ1) is 9.55. The Balaban J connectivity index is 0.00000132. The topological polar surface area (TPSA) is 8.81 Å². The van der Waals surface area contributed by atoms with Crippen LogP contribution >= 0.6 is 0 Å². The number of nitrogens with zero attached hydrogens (tertiary/aromatic N) is 2. The number of hydrogen-bond donors (Lipinski definition) is 0. The van der Waals surface area contributed by atoms with Gasteiger partial charge in [0.2, 0.25) is 0 Å². The third-order valence-electron chi connectivity index (χ3n) is 4.48. The molecule has 110 valence electrons. The molecule has 1 aliphatic heterocycles. The maximum absolute atomic E-state index is 2.51. The number of pyridine rings is 1. The van der Waals surface area contributed by atoms with Gasteiger partial charge in [-0.2, -0.15) is 4.57 Å². The summed E-state index contributed by atoms with van der Waals surface area (Å²) in [6, 6.07) is 8.82. The second kappa shape index (κ2) is 4.84. The van der Waals surface area contributed by atoms with Crippen LogP contribution in [-0.2, 0) is 18.5 Å². The number of para-hydroxylation sites is 1. The number of aryl methyl sites for hydroxylation is 2. The number of aromatic nitrogens is 2. The van der Waals surface area contributed by atoms with Gasteiger partial charge in [-0.15, -0.1) is 0 Å². The van der Waals surface area contributed by atoms with Crippen molar-refractivity contribution in [1.29, 1.82) is 0 Å². The summed E-state index contributed by atoms with van der Waals surface area (Å²) in [6.07, 6.45) is 7.14. The number of rotatable bonds is 0. The third-order valence-corrected chi connectivity index (χ3v) is 4.48. The van der Waals surface area contributed by atoms with Crippen molar-refractivity contribution < 1.29 is 21.5 Å². The third kappa shape index (κ3) is 2.10. The van der Waals surface area contributed by atoms with E-state index < -0.39 is 0 Å². The van der Waals surface area contributed by atoms with E-state index in [-0.39, 0.29) is 22.5 Å². The van der Waals surface area contributed by atoms with Gasteiger partial charge in [-0.25, -0.2) is 0 Å². The van der Waals surface area contributed by atoms with E-state index in [2.05, 4.69) is 66.6 Å².